The van der Waals surface area contributed by atoms with Crippen molar-refractivity contribution >= 4 is 17.6 Å². The first-order chi connectivity index (χ1) is 6.61. The molecule has 0 aliphatic carbocycles. The summed E-state index contributed by atoms with van der Waals surface area (Å²) in [5.74, 6) is -1.20. The fourth-order valence-corrected chi connectivity index (χ4v) is 1.21. The summed E-state index contributed by atoms with van der Waals surface area (Å²) in [5, 5.41) is 16.7. The minimum Gasteiger partial charge on any atom is -0.480 e. The van der Waals surface area contributed by atoms with Crippen molar-refractivity contribution < 1.29 is 15.0 Å². The number of benzene rings is 1. The lowest BCUT2D eigenvalue weighted by molar-refractivity contribution is -0.138. The van der Waals surface area contributed by atoms with Crippen LogP contribution in [0.25, 0.3) is 0 Å². The number of carboxylic acid groups (broad SMARTS) is 1. The Balaban J connectivity index is 2.57. The summed E-state index contributed by atoms with van der Waals surface area (Å²) in [6.45, 7) is 0. The summed E-state index contributed by atoms with van der Waals surface area (Å²) >= 11 is 5.47. The molecule has 1 rings (SSSR count). The smallest absolute Gasteiger partial charge is 0.324 e. The fourth-order valence-electron chi connectivity index (χ4n) is 1.12. The Hall–Kier alpha value is -1.06. The van der Waals surface area contributed by atoms with E-state index in [0.29, 0.717) is 0 Å². The Kier molecular flexibility index (Phi) is 3.92. The lowest BCUT2D eigenvalue weighted by Crippen LogP contribution is -2.30. The molecule has 1 unspecified atom stereocenters. The number of aliphatic hydroxyl groups excluding tert-OH is 1. The standard InChI is InChI=1S/C10H11ClO3/c11-9(10(13)14)8(12)6-7-4-2-1-3-5-7/h1-5,8-9,12H,6H2,(H,13,14)/t8-,9?/m1/s1. The van der Waals surface area contributed by atoms with E-state index in [4.69, 9.17) is 16.7 Å². The van der Waals surface area contributed by atoms with Crippen molar-refractivity contribution in [3.8, 4) is 0 Å². The number of aliphatic carboxylic acids is 1. The lowest BCUT2D eigenvalue weighted by atomic mass is 10.1. The molecule has 0 fully saturated rings. The maximum atomic E-state index is 10.4. The van der Waals surface area contributed by atoms with Gasteiger partial charge in [-0.25, -0.2) is 0 Å². The van der Waals surface area contributed by atoms with Crippen molar-refractivity contribution in [2.75, 3.05) is 0 Å². The first-order valence-electron chi connectivity index (χ1n) is 4.20. The zero-order valence-corrected chi connectivity index (χ0v) is 8.19. The first-order valence-corrected chi connectivity index (χ1v) is 4.64. The van der Waals surface area contributed by atoms with Gasteiger partial charge in [-0.2, -0.15) is 0 Å². The molecule has 0 amide bonds. The highest BCUT2D eigenvalue weighted by Gasteiger charge is 2.23. The monoisotopic (exact) mass is 214 g/mol. The predicted octanol–water partition coefficient (Wildman–Crippen LogP) is 1.28. The molecule has 0 radical (unpaired) electrons. The van der Waals surface area contributed by atoms with E-state index in [9.17, 15) is 9.90 Å². The van der Waals surface area contributed by atoms with Gasteiger partial charge < -0.3 is 10.2 Å². The van der Waals surface area contributed by atoms with Crippen LogP contribution >= 0.6 is 11.6 Å². The van der Waals surface area contributed by atoms with E-state index in [-0.39, 0.29) is 6.42 Å². The molecule has 3 nitrogen and oxygen atoms in total. The first kappa shape index (κ1) is 11.0. The summed E-state index contributed by atoms with van der Waals surface area (Å²) < 4.78 is 0. The molecule has 14 heavy (non-hydrogen) atoms. The van der Waals surface area contributed by atoms with E-state index in [1.165, 1.54) is 0 Å². The molecule has 0 aliphatic heterocycles. The van der Waals surface area contributed by atoms with Crippen LogP contribution < -0.4 is 0 Å². The van der Waals surface area contributed by atoms with Crippen molar-refractivity contribution in [3.05, 3.63) is 35.9 Å². The average Bonchev–Trinajstić information content (AvgIpc) is 2.18. The van der Waals surface area contributed by atoms with Crippen LogP contribution in [-0.2, 0) is 11.2 Å². The van der Waals surface area contributed by atoms with E-state index < -0.39 is 17.5 Å². The van der Waals surface area contributed by atoms with Crippen LogP contribution in [0.4, 0.5) is 0 Å². The Labute approximate surface area is 86.9 Å². The summed E-state index contributed by atoms with van der Waals surface area (Å²) in [6.07, 6.45) is -0.807. The molecule has 4 heteroatoms. The molecule has 1 aromatic rings. The molecule has 0 spiro atoms. The van der Waals surface area contributed by atoms with Gasteiger partial charge >= 0.3 is 5.97 Å². The van der Waals surface area contributed by atoms with Gasteiger partial charge in [-0.05, 0) is 5.56 Å². The largest absolute Gasteiger partial charge is 0.480 e. The Morgan fingerprint density at radius 3 is 2.43 bits per heavy atom. The summed E-state index contributed by atoms with van der Waals surface area (Å²) in [7, 11) is 0. The molecule has 0 saturated heterocycles. The number of hydrogen-bond acceptors (Lipinski definition) is 2. The molecule has 0 heterocycles. The normalized spacial score (nSPS) is 14.7. The lowest BCUT2D eigenvalue weighted by Gasteiger charge is -2.12. The number of alkyl halides is 1. The molecule has 0 bridgehead atoms. The van der Waals surface area contributed by atoms with Gasteiger partial charge in [0.15, 0.2) is 5.38 Å². The highest BCUT2D eigenvalue weighted by Crippen LogP contribution is 2.10. The van der Waals surface area contributed by atoms with E-state index in [2.05, 4.69) is 0 Å². The number of aliphatic hydroxyl groups is 1. The molecule has 0 aliphatic rings. The van der Waals surface area contributed by atoms with E-state index in [1.54, 1.807) is 0 Å². The van der Waals surface area contributed by atoms with Crippen molar-refractivity contribution in [3.63, 3.8) is 0 Å². The van der Waals surface area contributed by atoms with E-state index in [0.717, 1.165) is 5.56 Å². The van der Waals surface area contributed by atoms with Crippen LogP contribution in [0.2, 0.25) is 0 Å². The van der Waals surface area contributed by atoms with Crippen molar-refractivity contribution in [1.29, 1.82) is 0 Å². The van der Waals surface area contributed by atoms with E-state index >= 15 is 0 Å². The third-order valence-corrected chi connectivity index (χ3v) is 2.34. The molecule has 2 atom stereocenters. The van der Waals surface area contributed by atoms with Crippen LogP contribution in [0.15, 0.2) is 30.3 Å². The number of carbonyl (C=O) groups is 1. The average molecular weight is 215 g/mol. The van der Waals surface area contributed by atoms with Gasteiger partial charge in [0, 0.05) is 6.42 Å². The quantitative estimate of drug-likeness (QED) is 0.743. The number of rotatable bonds is 4. The fraction of sp³-hybridized carbons (Fsp3) is 0.300. The maximum Gasteiger partial charge on any atom is 0.324 e. The second-order valence-electron chi connectivity index (χ2n) is 3.00. The molecule has 0 aromatic heterocycles. The van der Waals surface area contributed by atoms with Gasteiger partial charge in [-0.1, -0.05) is 30.3 Å². The van der Waals surface area contributed by atoms with Crippen LogP contribution in [0, 0.1) is 0 Å². The van der Waals surface area contributed by atoms with Crippen molar-refractivity contribution in [2.24, 2.45) is 0 Å². The Morgan fingerprint density at radius 2 is 1.93 bits per heavy atom. The zero-order chi connectivity index (χ0) is 10.6. The van der Waals surface area contributed by atoms with Crippen LogP contribution in [-0.4, -0.2) is 27.7 Å². The third-order valence-electron chi connectivity index (χ3n) is 1.86. The Morgan fingerprint density at radius 1 is 1.36 bits per heavy atom. The van der Waals surface area contributed by atoms with Crippen molar-refractivity contribution in [1.82, 2.24) is 0 Å². The zero-order valence-electron chi connectivity index (χ0n) is 7.43. The molecular formula is C10H11ClO3. The topological polar surface area (TPSA) is 57.5 Å². The molecule has 0 saturated carbocycles. The van der Waals surface area contributed by atoms with E-state index in [1.807, 2.05) is 30.3 Å². The van der Waals surface area contributed by atoms with Crippen LogP contribution in [0.5, 0.6) is 0 Å². The van der Waals surface area contributed by atoms with Gasteiger partial charge in [0.05, 0.1) is 6.10 Å². The van der Waals surface area contributed by atoms with Crippen LogP contribution in [0.1, 0.15) is 5.56 Å². The molecule has 76 valence electrons. The van der Waals surface area contributed by atoms with Gasteiger partial charge in [-0.3, -0.25) is 4.79 Å². The highest BCUT2D eigenvalue weighted by atomic mass is 35.5. The summed E-state index contributed by atoms with van der Waals surface area (Å²) in [4.78, 5) is 10.4. The summed E-state index contributed by atoms with van der Waals surface area (Å²) in [6, 6.07) is 9.13. The van der Waals surface area contributed by atoms with Gasteiger partial charge in [-0.15, -0.1) is 11.6 Å². The summed E-state index contributed by atoms with van der Waals surface area (Å²) in [5.41, 5.74) is 0.868. The second-order valence-corrected chi connectivity index (χ2v) is 3.47. The highest BCUT2D eigenvalue weighted by molar-refractivity contribution is 6.30. The van der Waals surface area contributed by atoms with Gasteiger partial charge in [0.25, 0.3) is 0 Å². The number of carboxylic acids is 1. The molecule has 2 N–H and O–H groups in total. The molecular weight excluding hydrogens is 204 g/mol. The predicted molar refractivity (Wildman–Crippen MR) is 53.4 cm³/mol. The second kappa shape index (κ2) is 4.98. The Bertz CT molecular complexity index is 299. The minimum atomic E-state index is -1.25. The maximum absolute atomic E-state index is 10.4. The number of hydrogen-bond donors (Lipinski definition) is 2. The van der Waals surface area contributed by atoms with Crippen LogP contribution in [0.3, 0.4) is 0 Å². The third kappa shape index (κ3) is 3.01. The SMILES string of the molecule is O=C(O)C(Cl)[C@H](O)Cc1ccccc1. The van der Waals surface area contributed by atoms with Gasteiger partial charge in [0.1, 0.15) is 0 Å². The number of halogens is 1. The van der Waals surface area contributed by atoms with Gasteiger partial charge in [0.2, 0.25) is 0 Å². The molecule has 1 aromatic carbocycles. The minimum absolute atomic E-state index is 0.251. The van der Waals surface area contributed by atoms with Crippen molar-refractivity contribution in [2.45, 2.75) is 17.9 Å².